The normalized spacial score (nSPS) is 12.0. The number of hydrogen-bond donors (Lipinski definition) is 1. The van der Waals surface area contributed by atoms with Gasteiger partial charge in [-0.25, -0.2) is 0 Å². The van der Waals surface area contributed by atoms with E-state index in [1.807, 2.05) is 19.1 Å². The van der Waals surface area contributed by atoms with Crippen LogP contribution in [0.2, 0.25) is 0 Å². The standard InChI is InChI=1S/C17H29NO2/c1-5-7-8-9-10-14(3)18-15-11-12-16(20-6-2)17(13-15)19-4/h11-14,18H,5-10H2,1-4H3. The molecule has 0 spiro atoms. The second-order valence-electron chi connectivity index (χ2n) is 5.19. The summed E-state index contributed by atoms with van der Waals surface area (Å²) in [5, 5.41) is 3.53. The van der Waals surface area contributed by atoms with Crippen LogP contribution in [-0.4, -0.2) is 19.8 Å². The van der Waals surface area contributed by atoms with Crippen molar-refractivity contribution >= 4 is 5.69 Å². The van der Waals surface area contributed by atoms with Crippen molar-refractivity contribution in [3.63, 3.8) is 0 Å². The fourth-order valence-corrected chi connectivity index (χ4v) is 2.27. The molecule has 1 N–H and O–H groups in total. The third-order valence-electron chi connectivity index (χ3n) is 3.37. The van der Waals surface area contributed by atoms with Gasteiger partial charge in [0, 0.05) is 17.8 Å². The second kappa shape index (κ2) is 9.51. The predicted octanol–water partition coefficient (Wildman–Crippen LogP) is 4.86. The number of anilines is 1. The van der Waals surface area contributed by atoms with E-state index in [4.69, 9.17) is 9.47 Å². The number of unbranched alkanes of at least 4 members (excludes halogenated alkanes) is 3. The first kappa shape index (κ1) is 16.7. The Bertz CT molecular complexity index is 379. The Morgan fingerprint density at radius 1 is 1.10 bits per heavy atom. The van der Waals surface area contributed by atoms with Crippen LogP contribution in [0.3, 0.4) is 0 Å². The van der Waals surface area contributed by atoms with Gasteiger partial charge in [0.05, 0.1) is 13.7 Å². The Morgan fingerprint density at radius 3 is 2.55 bits per heavy atom. The van der Waals surface area contributed by atoms with E-state index in [-0.39, 0.29) is 0 Å². The van der Waals surface area contributed by atoms with E-state index in [1.54, 1.807) is 7.11 Å². The fraction of sp³-hybridized carbons (Fsp3) is 0.647. The maximum Gasteiger partial charge on any atom is 0.162 e. The molecule has 0 amide bonds. The van der Waals surface area contributed by atoms with Crippen LogP contribution >= 0.6 is 0 Å². The summed E-state index contributed by atoms with van der Waals surface area (Å²) in [7, 11) is 1.68. The average Bonchev–Trinajstić information content (AvgIpc) is 2.45. The van der Waals surface area contributed by atoms with E-state index in [0.29, 0.717) is 12.6 Å². The molecule has 20 heavy (non-hydrogen) atoms. The van der Waals surface area contributed by atoms with Crippen molar-refractivity contribution in [3.8, 4) is 11.5 Å². The van der Waals surface area contributed by atoms with Gasteiger partial charge in [-0.1, -0.05) is 32.6 Å². The van der Waals surface area contributed by atoms with Crippen LogP contribution in [0.25, 0.3) is 0 Å². The number of ether oxygens (including phenoxy) is 2. The van der Waals surface area contributed by atoms with Crippen LogP contribution in [0.15, 0.2) is 18.2 Å². The van der Waals surface area contributed by atoms with Crippen LogP contribution < -0.4 is 14.8 Å². The van der Waals surface area contributed by atoms with Gasteiger partial charge in [-0.05, 0) is 32.4 Å². The highest BCUT2D eigenvalue weighted by atomic mass is 16.5. The van der Waals surface area contributed by atoms with Gasteiger partial charge in [0.1, 0.15) is 0 Å². The SMILES string of the molecule is CCCCCCC(C)Nc1ccc(OCC)c(OC)c1. The number of rotatable bonds is 10. The first-order valence-corrected chi connectivity index (χ1v) is 7.78. The Morgan fingerprint density at radius 2 is 1.90 bits per heavy atom. The smallest absolute Gasteiger partial charge is 0.162 e. The lowest BCUT2D eigenvalue weighted by atomic mass is 10.1. The molecule has 0 bridgehead atoms. The molecular formula is C17H29NO2. The van der Waals surface area contributed by atoms with Crippen molar-refractivity contribution in [2.24, 2.45) is 0 Å². The van der Waals surface area contributed by atoms with Crippen molar-refractivity contribution in [2.75, 3.05) is 19.0 Å². The minimum Gasteiger partial charge on any atom is -0.493 e. The molecule has 1 rings (SSSR count). The number of benzene rings is 1. The molecule has 0 aliphatic rings. The molecule has 0 radical (unpaired) electrons. The van der Waals surface area contributed by atoms with E-state index in [0.717, 1.165) is 17.2 Å². The highest BCUT2D eigenvalue weighted by Crippen LogP contribution is 2.30. The first-order valence-electron chi connectivity index (χ1n) is 7.78. The number of methoxy groups -OCH3 is 1. The second-order valence-corrected chi connectivity index (χ2v) is 5.19. The molecule has 0 heterocycles. The summed E-state index contributed by atoms with van der Waals surface area (Å²) in [6, 6.07) is 6.51. The summed E-state index contributed by atoms with van der Waals surface area (Å²) in [6.45, 7) is 7.10. The van der Waals surface area contributed by atoms with Gasteiger partial charge in [-0.15, -0.1) is 0 Å². The molecule has 0 saturated heterocycles. The molecule has 0 saturated carbocycles. The monoisotopic (exact) mass is 279 g/mol. The fourth-order valence-electron chi connectivity index (χ4n) is 2.27. The minimum absolute atomic E-state index is 0.481. The Kier molecular flexibility index (Phi) is 7.93. The lowest BCUT2D eigenvalue weighted by Gasteiger charge is -2.17. The van der Waals surface area contributed by atoms with Crippen LogP contribution in [0.1, 0.15) is 52.9 Å². The third-order valence-corrected chi connectivity index (χ3v) is 3.37. The van der Waals surface area contributed by atoms with Crippen molar-refractivity contribution in [1.29, 1.82) is 0 Å². The lowest BCUT2D eigenvalue weighted by molar-refractivity contribution is 0.311. The van der Waals surface area contributed by atoms with Gasteiger partial charge in [-0.2, -0.15) is 0 Å². The molecule has 3 nitrogen and oxygen atoms in total. The zero-order chi connectivity index (χ0) is 14.8. The Hall–Kier alpha value is -1.38. The van der Waals surface area contributed by atoms with E-state index in [9.17, 15) is 0 Å². The molecule has 1 unspecified atom stereocenters. The molecule has 1 aromatic rings. The van der Waals surface area contributed by atoms with Crippen LogP contribution in [0.4, 0.5) is 5.69 Å². The lowest BCUT2D eigenvalue weighted by Crippen LogP contribution is -2.14. The van der Waals surface area contributed by atoms with E-state index >= 15 is 0 Å². The number of hydrogen-bond acceptors (Lipinski definition) is 3. The highest BCUT2D eigenvalue weighted by Gasteiger charge is 2.07. The molecule has 0 aliphatic carbocycles. The molecule has 1 atom stereocenters. The topological polar surface area (TPSA) is 30.5 Å². The Labute approximate surface area is 123 Å². The third kappa shape index (κ3) is 5.72. The summed E-state index contributed by atoms with van der Waals surface area (Å²) in [4.78, 5) is 0. The summed E-state index contributed by atoms with van der Waals surface area (Å²) < 4.78 is 10.9. The quantitative estimate of drug-likeness (QED) is 0.620. The molecule has 3 heteroatoms. The zero-order valence-corrected chi connectivity index (χ0v) is 13.4. The van der Waals surface area contributed by atoms with Crippen molar-refractivity contribution < 1.29 is 9.47 Å². The summed E-state index contributed by atoms with van der Waals surface area (Å²) in [6.07, 6.45) is 6.45. The minimum atomic E-state index is 0.481. The van der Waals surface area contributed by atoms with Crippen molar-refractivity contribution in [2.45, 2.75) is 58.9 Å². The maximum absolute atomic E-state index is 5.53. The molecule has 0 aliphatic heterocycles. The molecule has 114 valence electrons. The summed E-state index contributed by atoms with van der Waals surface area (Å²) in [5.74, 6) is 1.59. The van der Waals surface area contributed by atoms with Gasteiger partial charge in [-0.3, -0.25) is 0 Å². The van der Waals surface area contributed by atoms with Gasteiger partial charge in [0.15, 0.2) is 11.5 Å². The van der Waals surface area contributed by atoms with Crippen LogP contribution in [-0.2, 0) is 0 Å². The van der Waals surface area contributed by atoms with Gasteiger partial charge in [0.25, 0.3) is 0 Å². The highest BCUT2D eigenvalue weighted by molar-refractivity contribution is 5.55. The van der Waals surface area contributed by atoms with Crippen molar-refractivity contribution in [1.82, 2.24) is 0 Å². The van der Waals surface area contributed by atoms with Crippen LogP contribution in [0.5, 0.6) is 11.5 Å². The van der Waals surface area contributed by atoms with E-state index in [2.05, 4.69) is 25.2 Å². The summed E-state index contributed by atoms with van der Waals surface area (Å²) in [5.41, 5.74) is 1.09. The average molecular weight is 279 g/mol. The molecule has 0 fully saturated rings. The zero-order valence-electron chi connectivity index (χ0n) is 13.4. The van der Waals surface area contributed by atoms with E-state index in [1.165, 1.54) is 32.1 Å². The molecule has 0 aromatic heterocycles. The van der Waals surface area contributed by atoms with Gasteiger partial charge < -0.3 is 14.8 Å². The molecular weight excluding hydrogens is 250 g/mol. The largest absolute Gasteiger partial charge is 0.493 e. The van der Waals surface area contributed by atoms with Crippen LogP contribution in [0, 0.1) is 0 Å². The molecule has 1 aromatic carbocycles. The predicted molar refractivity (Wildman–Crippen MR) is 86.0 cm³/mol. The summed E-state index contributed by atoms with van der Waals surface area (Å²) >= 11 is 0. The van der Waals surface area contributed by atoms with Gasteiger partial charge in [0.2, 0.25) is 0 Å². The van der Waals surface area contributed by atoms with Gasteiger partial charge >= 0.3 is 0 Å². The van der Waals surface area contributed by atoms with Crippen molar-refractivity contribution in [3.05, 3.63) is 18.2 Å². The first-order chi connectivity index (χ1) is 9.71. The van der Waals surface area contributed by atoms with E-state index < -0.39 is 0 Å². The maximum atomic E-state index is 5.53. The Balaban J connectivity index is 2.50. The number of nitrogens with one attached hydrogen (secondary N) is 1.